The van der Waals surface area contributed by atoms with Gasteiger partial charge in [-0.3, -0.25) is 4.79 Å². The van der Waals surface area contributed by atoms with E-state index in [0.717, 1.165) is 12.1 Å². The lowest BCUT2D eigenvalue weighted by molar-refractivity contribution is -0.123. The van der Waals surface area contributed by atoms with Crippen molar-refractivity contribution in [3.8, 4) is 5.75 Å². The van der Waals surface area contributed by atoms with E-state index in [1.165, 1.54) is 31.0 Å². The number of aryl methyl sites for hydroxylation is 1. The maximum Gasteiger partial charge on any atom is 0.413 e. The fraction of sp³-hybridized carbons (Fsp3) is 0.200. The van der Waals surface area contributed by atoms with E-state index >= 15 is 0 Å². The number of carbonyl (C=O) groups excluding carboxylic acids is 2. The minimum absolute atomic E-state index is 0.145. The smallest absolute Gasteiger partial charge is 0.410 e. The fourth-order valence-electron chi connectivity index (χ4n) is 3.42. The van der Waals surface area contributed by atoms with Gasteiger partial charge in [-0.1, -0.05) is 24.3 Å². The zero-order valence-corrected chi connectivity index (χ0v) is 18.4. The molecule has 2 amide bonds. The molecule has 1 N–H and O–H groups in total. The monoisotopic (exact) mass is 456 g/mol. The Bertz CT molecular complexity index is 1150. The Morgan fingerprint density at radius 1 is 0.970 bits per heavy atom. The number of rotatable bonds is 6. The van der Waals surface area contributed by atoms with Crippen molar-refractivity contribution in [2.45, 2.75) is 25.8 Å². The predicted octanol–water partition coefficient (Wildman–Crippen LogP) is 5.17. The second-order valence-electron chi connectivity index (χ2n) is 7.91. The highest BCUT2D eigenvalue weighted by Crippen LogP contribution is 2.24. The lowest BCUT2D eigenvalue weighted by atomic mass is 9.91. The summed E-state index contributed by atoms with van der Waals surface area (Å²) in [5.41, 5.74) is -0.880. The van der Waals surface area contributed by atoms with Crippen molar-refractivity contribution >= 4 is 17.7 Å². The number of hydrogen-bond donors (Lipinski definition) is 1. The summed E-state index contributed by atoms with van der Waals surface area (Å²) in [6.07, 6.45) is -1.18. The molecule has 0 aromatic heterocycles. The Kier molecular flexibility index (Phi) is 7.06. The van der Waals surface area contributed by atoms with Crippen LogP contribution in [0.5, 0.6) is 5.75 Å². The van der Waals surface area contributed by atoms with Gasteiger partial charge in [0.2, 0.25) is 0 Å². The minimum atomic E-state index is -1.68. The van der Waals surface area contributed by atoms with Crippen LogP contribution < -0.4 is 15.0 Å². The lowest BCUT2D eigenvalue weighted by Gasteiger charge is -2.33. The Morgan fingerprint density at radius 2 is 1.61 bits per heavy atom. The third kappa shape index (κ3) is 5.91. The summed E-state index contributed by atoms with van der Waals surface area (Å²) in [5.74, 6) is -2.53. The predicted molar refractivity (Wildman–Crippen MR) is 119 cm³/mol. The van der Waals surface area contributed by atoms with Gasteiger partial charge in [-0.2, -0.15) is 0 Å². The Hall–Kier alpha value is -3.81. The molecule has 3 rings (SSSR count). The summed E-state index contributed by atoms with van der Waals surface area (Å²) in [5, 5.41) is 2.51. The third-order valence-corrected chi connectivity index (χ3v) is 5.13. The molecule has 0 bridgehead atoms. The summed E-state index contributed by atoms with van der Waals surface area (Å²) in [6.45, 7) is 3.00. The Labute approximate surface area is 189 Å². The molecule has 0 saturated heterocycles. The van der Waals surface area contributed by atoms with E-state index in [2.05, 4.69) is 5.32 Å². The summed E-state index contributed by atoms with van der Waals surface area (Å²) in [7, 11) is 1.42. The van der Waals surface area contributed by atoms with Crippen LogP contribution in [-0.2, 0) is 11.2 Å². The molecule has 0 radical (unpaired) electrons. The van der Waals surface area contributed by atoms with Gasteiger partial charge in [0.1, 0.15) is 28.7 Å². The number of amides is 2. The maximum absolute atomic E-state index is 14.1. The van der Waals surface area contributed by atoms with Crippen molar-refractivity contribution in [2.75, 3.05) is 11.9 Å². The molecule has 0 fully saturated rings. The van der Waals surface area contributed by atoms with E-state index in [1.807, 2.05) is 0 Å². The number of hydrogen-bond acceptors (Lipinski definition) is 3. The van der Waals surface area contributed by atoms with E-state index in [-0.39, 0.29) is 23.4 Å². The van der Waals surface area contributed by atoms with Crippen LogP contribution in [-0.4, -0.2) is 24.6 Å². The average molecular weight is 456 g/mol. The number of anilines is 1. The van der Waals surface area contributed by atoms with Gasteiger partial charge < -0.3 is 15.0 Å². The Morgan fingerprint density at radius 3 is 2.21 bits per heavy atom. The second-order valence-corrected chi connectivity index (χ2v) is 7.91. The van der Waals surface area contributed by atoms with Gasteiger partial charge in [-0.25, -0.2) is 18.0 Å². The molecular formula is C25H23F3N2O3. The third-order valence-electron chi connectivity index (χ3n) is 5.13. The zero-order valence-electron chi connectivity index (χ0n) is 18.4. The normalized spacial score (nSPS) is 12.5. The Balaban J connectivity index is 1.92. The zero-order chi connectivity index (χ0) is 24.2. The van der Waals surface area contributed by atoms with E-state index in [4.69, 9.17) is 4.74 Å². The molecule has 0 aliphatic carbocycles. The van der Waals surface area contributed by atoms with Crippen molar-refractivity contribution in [3.63, 3.8) is 0 Å². The van der Waals surface area contributed by atoms with E-state index in [1.54, 1.807) is 43.3 Å². The number of halogens is 3. The molecule has 0 saturated carbocycles. The first kappa shape index (κ1) is 23.8. The number of carbonyl (C=O) groups is 2. The molecule has 5 nitrogen and oxygen atoms in total. The number of nitrogens with one attached hydrogen (secondary N) is 1. The first-order valence-corrected chi connectivity index (χ1v) is 10.1. The van der Waals surface area contributed by atoms with Crippen LogP contribution in [0.2, 0.25) is 0 Å². The number of nitrogens with zero attached hydrogens (tertiary/aromatic N) is 1. The highest BCUT2D eigenvalue weighted by Gasteiger charge is 2.39. The van der Waals surface area contributed by atoms with Gasteiger partial charge in [-0.05, 0) is 61.4 Å². The molecular weight excluding hydrogens is 433 g/mol. The van der Waals surface area contributed by atoms with Crippen molar-refractivity contribution in [2.24, 2.45) is 0 Å². The number of ether oxygens (including phenoxy) is 1. The van der Waals surface area contributed by atoms with Gasteiger partial charge in [0.15, 0.2) is 0 Å². The first-order valence-electron chi connectivity index (χ1n) is 10.1. The van der Waals surface area contributed by atoms with Crippen LogP contribution in [0.3, 0.4) is 0 Å². The van der Waals surface area contributed by atoms with Gasteiger partial charge in [0.25, 0.3) is 5.91 Å². The maximum atomic E-state index is 14.1. The van der Waals surface area contributed by atoms with E-state index in [9.17, 15) is 22.8 Å². The van der Waals surface area contributed by atoms with Crippen molar-refractivity contribution in [1.82, 2.24) is 5.32 Å². The molecule has 3 aromatic rings. The molecule has 8 heteroatoms. The molecule has 0 aliphatic heterocycles. The highest BCUT2D eigenvalue weighted by atomic mass is 19.1. The van der Waals surface area contributed by atoms with Gasteiger partial charge in [0.05, 0.1) is 0 Å². The largest absolute Gasteiger partial charge is 0.413 e. The molecule has 0 aliphatic rings. The van der Waals surface area contributed by atoms with Crippen LogP contribution in [0.1, 0.15) is 18.1 Å². The SMILES string of the molecule is Cc1ccc(N(C)C(=O)[C@@](C)(Cc2cc(F)cc(F)c2)NC(=O)Oc2ccccc2)cc1F. The number of para-hydroxylation sites is 1. The molecule has 0 heterocycles. The van der Waals surface area contributed by atoms with E-state index < -0.39 is 35.0 Å². The average Bonchev–Trinajstić information content (AvgIpc) is 2.74. The van der Waals surface area contributed by atoms with Crippen LogP contribution in [0.15, 0.2) is 66.7 Å². The quantitative estimate of drug-likeness (QED) is 0.557. The second kappa shape index (κ2) is 9.77. The fourth-order valence-corrected chi connectivity index (χ4v) is 3.42. The van der Waals surface area contributed by atoms with Crippen LogP contribution >= 0.6 is 0 Å². The van der Waals surface area contributed by atoms with Crippen LogP contribution in [0, 0.1) is 24.4 Å². The van der Waals surface area contributed by atoms with E-state index in [0.29, 0.717) is 11.6 Å². The number of likely N-dealkylation sites (N-methyl/N-ethyl adjacent to an activating group) is 1. The summed E-state index contributed by atoms with van der Waals surface area (Å²) in [6, 6.07) is 15.3. The first-order chi connectivity index (χ1) is 15.6. The number of benzene rings is 3. The molecule has 1 atom stereocenters. The lowest BCUT2D eigenvalue weighted by Crippen LogP contribution is -2.59. The highest BCUT2D eigenvalue weighted by molar-refractivity contribution is 6.01. The van der Waals surface area contributed by atoms with Crippen molar-refractivity contribution < 1.29 is 27.5 Å². The summed E-state index contributed by atoms with van der Waals surface area (Å²) >= 11 is 0. The standard InChI is InChI=1S/C25H23F3N2O3/c1-16-9-10-20(14-22(16)28)30(3)23(31)25(2,15-17-11-18(26)13-19(27)12-17)29-24(32)33-21-7-5-4-6-8-21/h4-14H,15H2,1-3H3,(H,29,32)/t25-/m1/s1. The topological polar surface area (TPSA) is 58.6 Å². The molecule has 0 unspecified atom stereocenters. The van der Waals surface area contributed by atoms with Crippen LogP contribution in [0.25, 0.3) is 0 Å². The molecule has 3 aromatic carbocycles. The van der Waals surface area contributed by atoms with Crippen LogP contribution in [0.4, 0.5) is 23.7 Å². The minimum Gasteiger partial charge on any atom is -0.410 e. The van der Waals surface area contributed by atoms with Crippen molar-refractivity contribution in [3.05, 3.63) is 95.3 Å². The van der Waals surface area contributed by atoms with Crippen molar-refractivity contribution in [1.29, 1.82) is 0 Å². The molecule has 172 valence electrons. The summed E-state index contributed by atoms with van der Waals surface area (Å²) in [4.78, 5) is 27.2. The molecule has 0 spiro atoms. The van der Waals surface area contributed by atoms with Gasteiger partial charge >= 0.3 is 6.09 Å². The van der Waals surface area contributed by atoms with Gasteiger partial charge in [0, 0.05) is 25.2 Å². The van der Waals surface area contributed by atoms with Gasteiger partial charge in [-0.15, -0.1) is 0 Å². The molecule has 33 heavy (non-hydrogen) atoms. The summed E-state index contributed by atoms with van der Waals surface area (Å²) < 4.78 is 46.9.